The largest absolute Gasteiger partial charge is 0.457 e. The lowest BCUT2D eigenvalue weighted by atomic mass is 9.78. The Bertz CT molecular complexity index is 593. The summed E-state index contributed by atoms with van der Waals surface area (Å²) in [6.45, 7) is 6.25. The fourth-order valence-corrected chi connectivity index (χ4v) is 6.59. The van der Waals surface area contributed by atoms with E-state index in [1.54, 1.807) is 14.2 Å². The Labute approximate surface area is 155 Å². The maximum atomic E-state index is 12.7. The molecule has 0 radical (unpaired) electrons. The highest BCUT2D eigenvalue weighted by Crippen LogP contribution is 2.54. The Morgan fingerprint density at radius 3 is 2.12 bits per heavy atom. The van der Waals surface area contributed by atoms with Crippen LogP contribution in [0.3, 0.4) is 0 Å². The van der Waals surface area contributed by atoms with Gasteiger partial charge in [0.1, 0.15) is 12.2 Å². The van der Waals surface area contributed by atoms with Crippen molar-refractivity contribution in [2.45, 2.75) is 93.7 Å². The second kappa shape index (κ2) is 5.99. The molecule has 2 aliphatic carbocycles. The van der Waals surface area contributed by atoms with Gasteiger partial charge >= 0.3 is 5.97 Å². The van der Waals surface area contributed by atoms with Crippen LogP contribution in [0.1, 0.15) is 38.5 Å². The Hall–Kier alpha value is -0.513. The number of hydrogen-bond acceptors (Lipinski definition) is 7. The van der Waals surface area contributed by atoms with Crippen LogP contribution >= 0.6 is 0 Å². The summed E-state index contributed by atoms with van der Waals surface area (Å²) in [6.07, 6.45) is 3.24. The zero-order chi connectivity index (χ0) is 18.8. The molecule has 2 heterocycles. The van der Waals surface area contributed by atoms with Gasteiger partial charge < -0.3 is 28.1 Å². The Kier molecular flexibility index (Phi) is 4.34. The molecule has 2 saturated heterocycles. The van der Waals surface area contributed by atoms with E-state index in [0.29, 0.717) is 25.7 Å². The monoisotopic (exact) mass is 386 g/mol. The van der Waals surface area contributed by atoms with Crippen LogP contribution < -0.4 is 0 Å². The van der Waals surface area contributed by atoms with Gasteiger partial charge in [0.2, 0.25) is 11.6 Å². The van der Waals surface area contributed by atoms with Crippen molar-refractivity contribution in [2.24, 2.45) is 0 Å². The minimum Gasteiger partial charge on any atom is -0.457 e. The molecule has 0 unspecified atom stereocenters. The molecule has 0 N–H and O–H groups in total. The van der Waals surface area contributed by atoms with E-state index >= 15 is 0 Å². The normalized spacial score (nSPS) is 47.9. The summed E-state index contributed by atoms with van der Waals surface area (Å²) in [7, 11) is 1.32. The molecule has 4 aliphatic rings. The summed E-state index contributed by atoms with van der Waals surface area (Å²) in [6, 6.07) is 0. The van der Waals surface area contributed by atoms with Crippen molar-refractivity contribution in [2.75, 3.05) is 14.2 Å². The number of carbonyl (C=O) groups excluding carboxylic acids is 1. The first-order valence-electron chi connectivity index (χ1n) is 9.55. The van der Waals surface area contributed by atoms with Crippen LogP contribution in [0.4, 0.5) is 0 Å². The first kappa shape index (κ1) is 18.8. The predicted octanol–water partition coefficient (Wildman–Crippen LogP) is 2.34. The van der Waals surface area contributed by atoms with E-state index < -0.39 is 25.5 Å². The summed E-state index contributed by atoms with van der Waals surface area (Å²) < 4.78 is 36.7. The van der Waals surface area contributed by atoms with Crippen molar-refractivity contribution in [1.82, 2.24) is 0 Å². The molecule has 0 spiro atoms. The van der Waals surface area contributed by atoms with E-state index in [1.165, 1.54) is 0 Å². The van der Waals surface area contributed by atoms with Gasteiger partial charge in [0, 0.05) is 39.9 Å². The molecule has 2 bridgehead atoms. The SMILES string of the molecule is CO[C@@]12CCCC[C@@]1(OC)O[C@@H]1C[C@]3(O[Si](C)(C)C)C[C@@H](OC3=O)[C@@H]1O2. The number of ether oxygens (including phenoxy) is 5. The molecule has 0 aromatic carbocycles. The first-order chi connectivity index (χ1) is 12.2. The molecule has 8 heteroatoms. The highest BCUT2D eigenvalue weighted by molar-refractivity contribution is 6.70. The molecule has 2 saturated carbocycles. The average molecular weight is 387 g/mol. The molecule has 4 fully saturated rings. The molecule has 0 amide bonds. The highest BCUT2D eigenvalue weighted by atomic mass is 28.4. The molecule has 26 heavy (non-hydrogen) atoms. The van der Waals surface area contributed by atoms with Crippen LogP contribution in [-0.2, 0) is 32.9 Å². The van der Waals surface area contributed by atoms with Crippen molar-refractivity contribution in [3.63, 3.8) is 0 Å². The summed E-state index contributed by atoms with van der Waals surface area (Å²) in [5.41, 5.74) is -0.920. The lowest BCUT2D eigenvalue weighted by Crippen LogP contribution is -2.72. The van der Waals surface area contributed by atoms with Crippen LogP contribution in [0.5, 0.6) is 0 Å². The number of esters is 1. The first-order valence-corrected chi connectivity index (χ1v) is 13.0. The van der Waals surface area contributed by atoms with Gasteiger partial charge in [0.15, 0.2) is 13.9 Å². The summed E-state index contributed by atoms with van der Waals surface area (Å²) in [5.74, 6) is -2.20. The Balaban J connectivity index is 1.67. The number of carbonyl (C=O) groups is 1. The number of methoxy groups -OCH3 is 2. The molecule has 7 nitrogen and oxygen atoms in total. The third kappa shape index (κ3) is 2.61. The van der Waals surface area contributed by atoms with Gasteiger partial charge in [-0.3, -0.25) is 0 Å². The summed E-state index contributed by atoms with van der Waals surface area (Å²) >= 11 is 0. The second-order valence-electron chi connectivity index (χ2n) is 8.92. The van der Waals surface area contributed by atoms with Crippen LogP contribution in [0.15, 0.2) is 0 Å². The Morgan fingerprint density at radius 2 is 1.54 bits per heavy atom. The van der Waals surface area contributed by atoms with Crippen LogP contribution in [-0.4, -0.2) is 64.0 Å². The predicted molar refractivity (Wildman–Crippen MR) is 94.0 cm³/mol. The molecular weight excluding hydrogens is 356 g/mol. The molecule has 0 aromatic rings. The van der Waals surface area contributed by atoms with Gasteiger partial charge in [-0.25, -0.2) is 4.79 Å². The fourth-order valence-electron chi connectivity index (χ4n) is 5.17. The van der Waals surface area contributed by atoms with Gasteiger partial charge in [-0.05, 0) is 32.5 Å². The third-order valence-corrected chi connectivity index (χ3v) is 7.10. The van der Waals surface area contributed by atoms with E-state index in [0.717, 1.165) is 12.8 Å². The lowest BCUT2D eigenvalue weighted by molar-refractivity contribution is -0.477. The summed E-state index contributed by atoms with van der Waals surface area (Å²) in [4.78, 5) is 12.7. The van der Waals surface area contributed by atoms with Gasteiger partial charge in [-0.2, -0.15) is 0 Å². The van der Waals surface area contributed by atoms with Gasteiger partial charge in [-0.1, -0.05) is 0 Å². The summed E-state index contributed by atoms with van der Waals surface area (Å²) in [5, 5.41) is 0. The van der Waals surface area contributed by atoms with E-state index in [4.69, 9.17) is 28.1 Å². The van der Waals surface area contributed by atoms with Crippen molar-refractivity contribution in [1.29, 1.82) is 0 Å². The lowest BCUT2D eigenvalue weighted by Gasteiger charge is -2.58. The van der Waals surface area contributed by atoms with Gasteiger partial charge in [0.05, 0.1) is 6.10 Å². The van der Waals surface area contributed by atoms with Crippen molar-refractivity contribution < 1.29 is 32.9 Å². The van der Waals surface area contributed by atoms with Crippen LogP contribution in [0.2, 0.25) is 19.6 Å². The van der Waals surface area contributed by atoms with E-state index in [1.807, 2.05) is 0 Å². The van der Waals surface area contributed by atoms with Gasteiger partial charge in [-0.15, -0.1) is 0 Å². The third-order valence-electron chi connectivity index (χ3n) is 6.10. The molecule has 6 atom stereocenters. The quantitative estimate of drug-likeness (QED) is 0.542. The minimum atomic E-state index is -1.95. The van der Waals surface area contributed by atoms with Crippen LogP contribution in [0, 0.1) is 0 Å². The molecule has 2 aliphatic heterocycles. The smallest absolute Gasteiger partial charge is 0.337 e. The Morgan fingerprint density at radius 1 is 0.962 bits per heavy atom. The molecule has 0 aromatic heterocycles. The average Bonchev–Trinajstić information content (AvgIpc) is 2.83. The highest BCUT2D eigenvalue weighted by Gasteiger charge is 2.70. The second-order valence-corrected chi connectivity index (χ2v) is 13.3. The molecular formula is C18H30O7Si. The maximum Gasteiger partial charge on any atom is 0.337 e. The maximum absolute atomic E-state index is 12.7. The zero-order valence-electron chi connectivity index (χ0n) is 16.3. The topological polar surface area (TPSA) is 72.5 Å². The number of rotatable bonds is 4. The van der Waals surface area contributed by atoms with Crippen molar-refractivity contribution >= 4 is 14.3 Å². The fraction of sp³-hybridized carbons (Fsp3) is 0.944. The molecule has 4 rings (SSSR count). The van der Waals surface area contributed by atoms with Crippen molar-refractivity contribution in [3.8, 4) is 0 Å². The minimum absolute atomic E-state index is 0.285. The zero-order valence-corrected chi connectivity index (χ0v) is 17.3. The number of fused-ring (bicyclic) bond motifs is 5. The van der Waals surface area contributed by atoms with E-state index in [-0.39, 0.29) is 24.3 Å². The number of hydrogen-bond donors (Lipinski definition) is 0. The molecule has 148 valence electrons. The van der Waals surface area contributed by atoms with Crippen molar-refractivity contribution in [3.05, 3.63) is 0 Å². The van der Waals surface area contributed by atoms with E-state index in [2.05, 4.69) is 19.6 Å². The standard InChI is InChI=1S/C18H30O7Si/c1-20-17-8-6-7-9-18(17,21-2)24-14-12-10-16(15(19)22-12,11-13(14)23-17)25-26(3,4)5/h12-14H,6-11H2,1-5H3/t12-,13-,14+,16-,17-,18-/m1/s1. The van der Waals surface area contributed by atoms with Crippen LogP contribution in [0.25, 0.3) is 0 Å². The van der Waals surface area contributed by atoms with Gasteiger partial charge in [0.25, 0.3) is 0 Å². The van der Waals surface area contributed by atoms with E-state index in [9.17, 15) is 4.79 Å².